The van der Waals surface area contributed by atoms with E-state index in [9.17, 15) is 13.2 Å². The van der Waals surface area contributed by atoms with Crippen LogP contribution in [-0.4, -0.2) is 19.3 Å². The lowest BCUT2D eigenvalue weighted by Crippen LogP contribution is -2.16. The number of amides is 1. The molecule has 0 fully saturated rings. The van der Waals surface area contributed by atoms with Crippen LogP contribution in [0.1, 0.15) is 23.4 Å². The van der Waals surface area contributed by atoms with Crippen LogP contribution in [0.5, 0.6) is 0 Å². The largest absolute Gasteiger partial charge is 0.441 e. The van der Waals surface area contributed by atoms with E-state index in [-0.39, 0.29) is 17.2 Å². The van der Waals surface area contributed by atoms with Gasteiger partial charge in [0.2, 0.25) is 15.9 Å². The number of aromatic nitrogens is 1. The van der Waals surface area contributed by atoms with Crippen LogP contribution >= 0.6 is 0 Å². The van der Waals surface area contributed by atoms with Gasteiger partial charge in [0.1, 0.15) is 0 Å². The number of aryl methyl sites for hydroxylation is 2. The Balaban J connectivity index is 1.67. The molecule has 1 aromatic heterocycles. The van der Waals surface area contributed by atoms with E-state index in [2.05, 4.69) is 10.3 Å². The lowest BCUT2D eigenvalue weighted by Gasteiger charge is -2.12. The molecule has 7 nitrogen and oxygen atoms in total. The summed E-state index contributed by atoms with van der Waals surface area (Å²) in [4.78, 5) is 16.5. The predicted molar refractivity (Wildman–Crippen MR) is 106 cm³/mol. The van der Waals surface area contributed by atoms with Gasteiger partial charge in [-0.1, -0.05) is 30.3 Å². The highest BCUT2D eigenvalue weighted by Gasteiger charge is 2.15. The van der Waals surface area contributed by atoms with Gasteiger partial charge in [-0.2, -0.15) is 0 Å². The Bertz CT molecular complexity index is 1110. The second-order valence-electron chi connectivity index (χ2n) is 6.49. The molecule has 3 N–H and O–H groups in total. The summed E-state index contributed by atoms with van der Waals surface area (Å²) in [5.41, 5.74) is 2.84. The molecule has 3 aromatic rings. The molecular formula is C20H21N3O4S. The molecule has 1 amide bonds. The molecule has 0 saturated carbocycles. The molecule has 0 atom stereocenters. The minimum absolute atomic E-state index is 0.0360. The summed E-state index contributed by atoms with van der Waals surface area (Å²) in [6, 6.07) is 12.4. The Labute approximate surface area is 163 Å². The van der Waals surface area contributed by atoms with Crippen molar-refractivity contribution in [3.63, 3.8) is 0 Å². The van der Waals surface area contributed by atoms with Crippen LogP contribution in [0.2, 0.25) is 0 Å². The third-order valence-corrected chi connectivity index (χ3v) is 5.31. The van der Waals surface area contributed by atoms with E-state index in [1.165, 1.54) is 12.1 Å². The molecule has 0 radical (unpaired) electrons. The van der Waals surface area contributed by atoms with E-state index >= 15 is 0 Å². The van der Waals surface area contributed by atoms with Gasteiger partial charge in [0, 0.05) is 24.1 Å². The summed E-state index contributed by atoms with van der Waals surface area (Å²) < 4.78 is 28.9. The second-order valence-corrected chi connectivity index (χ2v) is 8.05. The molecule has 0 aliphatic carbocycles. The van der Waals surface area contributed by atoms with Gasteiger partial charge in [-0.25, -0.2) is 18.5 Å². The number of oxazole rings is 1. The third-order valence-electron chi connectivity index (χ3n) is 4.42. The number of hydrogen-bond donors (Lipinski definition) is 2. The first-order valence-electron chi connectivity index (χ1n) is 8.68. The zero-order valence-corrected chi connectivity index (χ0v) is 16.4. The smallest absolute Gasteiger partial charge is 0.238 e. The van der Waals surface area contributed by atoms with Crippen LogP contribution in [0.25, 0.3) is 11.3 Å². The average Bonchev–Trinajstić information content (AvgIpc) is 3.12. The summed E-state index contributed by atoms with van der Waals surface area (Å²) in [7, 11) is -3.86. The fourth-order valence-corrected chi connectivity index (χ4v) is 3.34. The standard InChI is InChI=1S/C20H21N3O4S/c1-13-10-16(28(21,25)26)11-17(14(13)2)23-19(24)8-9-20-22-12-18(27-20)15-6-4-3-5-7-15/h3-7,10-12H,8-9H2,1-2H3,(H,23,24)(H2,21,25,26). The number of benzene rings is 2. The number of nitrogens with two attached hydrogens (primary N) is 1. The number of carbonyl (C=O) groups is 1. The van der Waals surface area contributed by atoms with E-state index in [1.807, 2.05) is 30.3 Å². The highest BCUT2D eigenvalue weighted by atomic mass is 32.2. The lowest BCUT2D eigenvalue weighted by molar-refractivity contribution is -0.116. The fourth-order valence-electron chi connectivity index (χ4n) is 2.72. The van der Waals surface area contributed by atoms with Crippen molar-refractivity contribution in [1.82, 2.24) is 4.98 Å². The van der Waals surface area contributed by atoms with Gasteiger partial charge < -0.3 is 9.73 Å². The minimum Gasteiger partial charge on any atom is -0.441 e. The molecule has 1 heterocycles. The third kappa shape index (κ3) is 4.65. The zero-order chi connectivity index (χ0) is 20.3. The first kappa shape index (κ1) is 19.8. The zero-order valence-electron chi connectivity index (χ0n) is 15.6. The molecule has 0 bridgehead atoms. The van der Waals surface area contributed by atoms with Gasteiger partial charge in [-0.3, -0.25) is 4.79 Å². The second kappa shape index (κ2) is 7.95. The number of primary sulfonamides is 1. The summed E-state index contributed by atoms with van der Waals surface area (Å²) in [6.07, 6.45) is 2.10. The van der Waals surface area contributed by atoms with Crippen molar-refractivity contribution in [2.24, 2.45) is 5.14 Å². The highest BCUT2D eigenvalue weighted by molar-refractivity contribution is 7.89. The number of rotatable bonds is 6. The first-order chi connectivity index (χ1) is 13.2. The van der Waals surface area contributed by atoms with E-state index in [4.69, 9.17) is 9.56 Å². The maximum Gasteiger partial charge on any atom is 0.238 e. The van der Waals surface area contributed by atoms with Crippen LogP contribution in [0.4, 0.5) is 5.69 Å². The average molecular weight is 399 g/mol. The number of sulfonamides is 1. The van der Waals surface area contributed by atoms with E-state index in [0.29, 0.717) is 23.8 Å². The molecule has 0 spiro atoms. The Kier molecular flexibility index (Phi) is 5.62. The van der Waals surface area contributed by atoms with Crippen molar-refractivity contribution in [2.75, 3.05) is 5.32 Å². The minimum atomic E-state index is -3.86. The van der Waals surface area contributed by atoms with Gasteiger partial charge in [-0.05, 0) is 37.1 Å². The first-order valence-corrected chi connectivity index (χ1v) is 10.2. The number of carbonyl (C=O) groups excluding carboxylic acids is 1. The SMILES string of the molecule is Cc1cc(S(N)(=O)=O)cc(NC(=O)CCc2ncc(-c3ccccc3)o2)c1C. The van der Waals surface area contributed by atoms with Crippen LogP contribution in [0, 0.1) is 13.8 Å². The number of nitrogens with one attached hydrogen (secondary N) is 1. The van der Waals surface area contributed by atoms with Gasteiger partial charge in [0.25, 0.3) is 0 Å². The number of anilines is 1. The summed E-state index contributed by atoms with van der Waals surface area (Å²) in [5, 5.41) is 7.94. The lowest BCUT2D eigenvalue weighted by atomic mass is 10.1. The summed E-state index contributed by atoms with van der Waals surface area (Å²) in [6.45, 7) is 3.57. The maximum atomic E-state index is 12.3. The molecule has 0 unspecified atom stereocenters. The van der Waals surface area contributed by atoms with Crippen molar-refractivity contribution in [3.05, 3.63) is 65.7 Å². The van der Waals surface area contributed by atoms with E-state index < -0.39 is 10.0 Å². The van der Waals surface area contributed by atoms with Crippen molar-refractivity contribution >= 4 is 21.6 Å². The quantitative estimate of drug-likeness (QED) is 0.660. The molecule has 28 heavy (non-hydrogen) atoms. The summed E-state index contributed by atoms with van der Waals surface area (Å²) in [5.74, 6) is 0.831. The van der Waals surface area contributed by atoms with Crippen molar-refractivity contribution in [2.45, 2.75) is 31.6 Å². The molecule has 0 aliphatic heterocycles. The van der Waals surface area contributed by atoms with Gasteiger partial charge in [-0.15, -0.1) is 0 Å². The highest BCUT2D eigenvalue weighted by Crippen LogP contribution is 2.24. The Morgan fingerprint density at radius 3 is 2.57 bits per heavy atom. The number of hydrogen-bond acceptors (Lipinski definition) is 5. The molecule has 3 rings (SSSR count). The monoisotopic (exact) mass is 399 g/mol. The summed E-state index contributed by atoms with van der Waals surface area (Å²) >= 11 is 0. The molecule has 0 aliphatic rings. The van der Waals surface area contributed by atoms with E-state index in [1.54, 1.807) is 20.0 Å². The predicted octanol–water partition coefficient (Wildman–Crippen LogP) is 3.18. The van der Waals surface area contributed by atoms with E-state index in [0.717, 1.165) is 16.7 Å². The van der Waals surface area contributed by atoms with Crippen LogP contribution in [0.15, 0.2) is 58.0 Å². The van der Waals surface area contributed by atoms with Crippen LogP contribution in [0.3, 0.4) is 0 Å². The normalized spacial score (nSPS) is 11.4. The van der Waals surface area contributed by atoms with Gasteiger partial charge in [0.05, 0.1) is 11.1 Å². The van der Waals surface area contributed by atoms with Crippen LogP contribution < -0.4 is 10.5 Å². The van der Waals surface area contributed by atoms with Gasteiger partial charge in [0.15, 0.2) is 11.7 Å². The Hall–Kier alpha value is -2.97. The van der Waals surface area contributed by atoms with Crippen LogP contribution in [-0.2, 0) is 21.2 Å². The number of nitrogens with zero attached hydrogens (tertiary/aromatic N) is 1. The maximum absolute atomic E-state index is 12.3. The topological polar surface area (TPSA) is 115 Å². The van der Waals surface area contributed by atoms with Crippen molar-refractivity contribution < 1.29 is 17.6 Å². The molecule has 146 valence electrons. The van der Waals surface area contributed by atoms with Gasteiger partial charge >= 0.3 is 0 Å². The molecular weight excluding hydrogens is 378 g/mol. The Morgan fingerprint density at radius 1 is 1.18 bits per heavy atom. The van der Waals surface area contributed by atoms with Crippen molar-refractivity contribution in [3.8, 4) is 11.3 Å². The molecule has 0 saturated heterocycles. The Morgan fingerprint density at radius 2 is 1.89 bits per heavy atom. The fraction of sp³-hybridized carbons (Fsp3) is 0.200. The molecule has 2 aromatic carbocycles. The van der Waals surface area contributed by atoms with Crippen molar-refractivity contribution in [1.29, 1.82) is 0 Å². The molecule has 8 heteroatoms.